The molecule has 104 valence electrons. The number of hydrogen-bond donors (Lipinski definition) is 5. The average Bonchev–Trinajstić information content (AvgIpc) is 2.17. The maximum atomic E-state index is 9.10. The average molecular weight is 261 g/mol. The van der Waals surface area contributed by atoms with Crippen LogP contribution in [-0.4, -0.2) is 59.2 Å². The highest BCUT2D eigenvalue weighted by molar-refractivity contribution is 6.30. The van der Waals surface area contributed by atoms with Crippen LogP contribution >= 0.6 is 0 Å². The van der Waals surface area contributed by atoms with Crippen molar-refractivity contribution in [2.45, 2.75) is 38.9 Å². The molecule has 9 heteroatoms. The Morgan fingerprint density at radius 2 is 1.11 bits per heavy atom. The summed E-state index contributed by atoms with van der Waals surface area (Å²) in [6.45, 7) is 6.31. The highest BCUT2D eigenvalue weighted by Gasteiger charge is 2.31. The van der Waals surface area contributed by atoms with E-state index in [2.05, 4.69) is 15.4 Å². The van der Waals surface area contributed by atoms with Crippen molar-refractivity contribution in [2.24, 2.45) is 0 Å². The summed E-state index contributed by atoms with van der Waals surface area (Å²) in [7, 11) is -2.17. The van der Waals surface area contributed by atoms with Crippen LogP contribution in [0.3, 0.4) is 0 Å². The van der Waals surface area contributed by atoms with Crippen LogP contribution in [0.5, 0.6) is 0 Å². The van der Waals surface area contributed by atoms with Crippen LogP contribution in [0.2, 0.25) is 0 Å². The number of hydrogen-bond acceptors (Lipinski definition) is 8. The van der Waals surface area contributed by atoms with Gasteiger partial charge in [0.2, 0.25) is 0 Å². The highest BCUT2D eigenvalue weighted by Crippen LogP contribution is 2.19. The number of rotatable bonds is 1. The molecule has 18 heavy (non-hydrogen) atoms. The molecule has 0 amide bonds. The third kappa shape index (κ3) is 14.9. The molecule has 1 rings (SSSR count). The molecule has 0 unspecified atom stereocenters. The minimum atomic E-state index is -2.17. The normalized spacial score (nSPS) is 10.5. The Balaban J connectivity index is 0. The van der Waals surface area contributed by atoms with Gasteiger partial charge < -0.3 is 25.3 Å². The van der Waals surface area contributed by atoms with E-state index in [4.69, 9.17) is 25.3 Å². The van der Waals surface area contributed by atoms with E-state index in [1.807, 2.05) is 0 Å². The fraction of sp³-hybridized carbons (Fsp3) is 0.667. The Hall–Kier alpha value is -1.13. The van der Waals surface area contributed by atoms with Gasteiger partial charge in [-0.1, -0.05) is 0 Å². The summed E-state index contributed by atoms with van der Waals surface area (Å²) in [5.41, 5.74) is -2.01. The quantitative estimate of drug-likeness (QED) is 0.379. The fourth-order valence-electron chi connectivity index (χ4n) is 0.205. The molecule has 0 radical (unpaired) electrons. The molecule has 0 saturated heterocycles. The molecule has 1 aromatic heterocycles. The summed E-state index contributed by atoms with van der Waals surface area (Å²) >= 11 is 0. The van der Waals surface area contributed by atoms with E-state index >= 15 is 0 Å². The molecule has 0 spiro atoms. The first-order valence-corrected chi connectivity index (χ1v) is 5.05. The molecule has 0 saturated carbocycles. The van der Waals surface area contributed by atoms with Crippen molar-refractivity contribution >= 4 is 7.32 Å². The lowest BCUT2D eigenvalue weighted by molar-refractivity contribution is -0.107. The lowest BCUT2D eigenvalue weighted by Gasteiger charge is -2.31. The van der Waals surface area contributed by atoms with Gasteiger partial charge in [0.05, 0.1) is 23.6 Å². The number of aromatic nitrogens is 3. The Kier molecular flexibility index (Phi) is 9.49. The van der Waals surface area contributed by atoms with Crippen molar-refractivity contribution in [1.29, 1.82) is 0 Å². The van der Waals surface area contributed by atoms with Crippen molar-refractivity contribution < 1.29 is 25.3 Å². The van der Waals surface area contributed by atoms with E-state index in [1.54, 1.807) is 46.2 Å². The van der Waals surface area contributed by atoms with Gasteiger partial charge in [0, 0.05) is 0 Å². The lowest BCUT2D eigenvalue weighted by atomic mass is 9.90. The molecule has 0 atom stereocenters. The third-order valence-corrected chi connectivity index (χ3v) is 1.91. The summed E-state index contributed by atoms with van der Waals surface area (Å²) in [5.74, 6) is 0. The number of nitrogens with zero attached hydrogens (tertiary/aromatic N) is 3. The summed E-state index contributed by atoms with van der Waals surface area (Å²) < 4.78 is 0. The van der Waals surface area contributed by atoms with Crippen LogP contribution in [0.25, 0.3) is 0 Å². The molecule has 1 heterocycles. The van der Waals surface area contributed by atoms with Crippen molar-refractivity contribution in [1.82, 2.24) is 15.4 Å². The van der Waals surface area contributed by atoms with E-state index in [0.717, 1.165) is 0 Å². The Morgan fingerprint density at radius 1 is 0.833 bits per heavy atom. The van der Waals surface area contributed by atoms with Gasteiger partial charge >= 0.3 is 7.32 Å². The largest absolute Gasteiger partial charge is 0.631 e. The molecule has 0 aliphatic heterocycles. The smallest absolute Gasteiger partial charge is 0.402 e. The molecule has 0 aliphatic rings. The summed E-state index contributed by atoms with van der Waals surface area (Å²) in [6, 6.07) is 1.72. The van der Waals surface area contributed by atoms with Crippen LogP contribution in [0.1, 0.15) is 27.7 Å². The highest BCUT2D eigenvalue weighted by atomic mass is 16.5. The van der Waals surface area contributed by atoms with Crippen LogP contribution < -0.4 is 0 Å². The van der Waals surface area contributed by atoms with Crippen molar-refractivity contribution in [2.75, 3.05) is 0 Å². The number of aliphatic hydroxyl groups is 2. The topological polar surface area (TPSA) is 140 Å². The second-order valence-corrected chi connectivity index (χ2v) is 4.28. The van der Waals surface area contributed by atoms with Crippen molar-refractivity contribution in [3.8, 4) is 0 Å². The predicted octanol–water partition coefficient (Wildman–Crippen LogP) is -1.65. The summed E-state index contributed by atoms with van der Waals surface area (Å²) in [6.07, 6.45) is 3.15. The molecular weight excluding hydrogens is 241 g/mol. The van der Waals surface area contributed by atoms with Gasteiger partial charge in [0.15, 0.2) is 0 Å². The standard InChI is InChI=1S/C6H14O2.C3H3N3.BH3O3/c1-5(2,7)6(3,4)8;1-2-4-6-5-3-1;2-1(3)4/h7-8H,1-4H3;1-3H;2-4H. The van der Waals surface area contributed by atoms with Gasteiger partial charge in [-0.2, -0.15) is 0 Å². The first-order chi connectivity index (χ1) is 7.98. The van der Waals surface area contributed by atoms with Crippen molar-refractivity contribution in [3.63, 3.8) is 0 Å². The zero-order chi connectivity index (χ0) is 14.8. The Bertz CT molecular complexity index is 245. The Labute approximate surface area is 106 Å². The van der Waals surface area contributed by atoms with Gasteiger partial charge in [0.25, 0.3) is 0 Å². The van der Waals surface area contributed by atoms with E-state index in [9.17, 15) is 0 Å². The fourth-order valence-corrected chi connectivity index (χ4v) is 0.205. The van der Waals surface area contributed by atoms with E-state index in [-0.39, 0.29) is 0 Å². The molecule has 0 aliphatic carbocycles. The SMILES string of the molecule is CC(C)(O)C(C)(C)O.OB(O)O.c1cnnnc1. The second kappa shape index (κ2) is 8.89. The van der Waals surface area contributed by atoms with Crippen LogP contribution in [0.4, 0.5) is 0 Å². The Morgan fingerprint density at radius 3 is 1.17 bits per heavy atom. The molecule has 8 nitrogen and oxygen atoms in total. The van der Waals surface area contributed by atoms with Crippen molar-refractivity contribution in [3.05, 3.63) is 18.5 Å². The van der Waals surface area contributed by atoms with Gasteiger partial charge in [-0.05, 0) is 39.0 Å². The third-order valence-electron chi connectivity index (χ3n) is 1.91. The molecule has 5 N–H and O–H groups in total. The van der Waals surface area contributed by atoms with E-state index < -0.39 is 18.5 Å². The minimum Gasteiger partial charge on any atom is -0.402 e. The van der Waals surface area contributed by atoms with E-state index in [1.165, 1.54) is 0 Å². The predicted molar refractivity (Wildman–Crippen MR) is 64.8 cm³/mol. The molecular formula is C9H20BN3O5. The zero-order valence-electron chi connectivity index (χ0n) is 10.9. The molecule has 0 bridgehead atoms. The van der Waals surface area contributed by atoms with Crippen LogP contribution in [0, 0.1) is 0 Å². The first kappa shape index (κ1) is 19.2. The molecule has 1 aromatic rings. The zero-order valence-corrected chi connectivity index (χ0v) is 10.9. The molecule has 0 fully saturated rings. The van der Waals surface area contributed by atoms with E-state index in [0.29, 0.717) is 0 Å². The van der Waals surface area contributed by atoms with Crippen LogP contribution in [-0.2, 0) is 0 Å². The lowest BCUT2D eigenvalue weighted by Crippen LogP contribution is -2.44. The maximum absolute atomic E-state index is 9.10. The monoisotopic (exact) mass is 261 g/mol. The van der Waals surface area contributed by atoms with Gasteiger partial charge in [-0.25, -0.2) is 0 Å². The maximum Gasteiger partial charge on any atom is 0.631 e. The molecule has 0 aromatic carbocycles. The van der Waals surface area contributed by atoms with Gasteiger partial charge in [0.1, 0.15) is 0 Å². The first-order valence-electron chi connectivity index (χ1n) is 5.05. The van der Waals surface area contributed by atoms with Crippen LogP contribution in [0.15, 0.2) is 18.5 Å². The summed E-state index contributed by atoms with van der Waals surface area (Å²) in [5, 5.41) is 49.8. The minimum absolute atomic E-state index is 1.01. The second-order valence-electron chi connectivity index (χ2n) is 4.28. The van der Waals surface area contributed by atoms with Gasteiger partial charge in [-0.3, -0.25) is 0 Å². The summed E-state index contributed by atoms with van der Waals surface area (Å²) in [4.78, 5) is 0. The van der Waals surface area contributed by atoms with Gasteiger partial charge in [-0.15, -0.1) is 10.2 Å².